The maximum absolute atomic E-state index is 12.5. The molecule has 0 fully saturated rings. The number of aromatic amines is 1. The molecule has 4 nitrogen and oxygen atoms in total. The number of hydrogen-bond acceptors (Lipinski definition) is 2. The Morgan fingerprint density at radius 1 is 1.10 bits per heavy atom. The van der Waals surface area contributed by atoms with Crippen molar-refractivity contribution in [1.29, 1.82) is 0 Å². The molecule has 4 aromatic rings. The molecule has 0 radical (unpaired) electrons. The predicted molar refractivity (Wildman–Crippen MR) is 124 cm³/mol. The van der Waals surface area contributed by atoms with Crippen LogP contribution in [0.2, 0.25) is 5.02 Å². The van der Waals surface area contributed by atoms with Gasteiger partial charge in [0.15, 0.2) is 0 Å². The highest BCUT2D eigenvalue weighted by Crippen LogP contribution is 2.31. The van der Waals surface area contributed by atoms with Gasteiger partial charge in [-0.25, -0.2) is 0 Å². The first-order valence-corrected chi connectivity index (χ1v) is 10.5. The minimum Gasteiger partial charge on any atom is -0.353 e. The first-order chi connectivity index (χ1) is 14.5. The normalized spacial score (nSPS) is 11.0. The smallest absolute Gasteiger partial charge is 0.224 e. The Bertz CT molecular complexity index is 1200. The number of benzene rings is 2. The summed E-state index contributed by atoms with van der Waals surface area (Å²) in [5.41, 5.74) is 7.23. The highest BCUT2D eigenvalue weighted by Gasteiger charge is 2.15. The van der Waals surface area contributed by atoms with Gasteiger partial charge in [0.1, 0.15) is 0 Å². The van der Waals surface area contributed by atoms with E-state index in [1.807, 2.05) is 37.3 Å². The summed E-state index contributed by atoms with van der Waals surface area (Å²) in [5, 5.41) is 4.79. The van der Waals surface area contributed by atoms with Gasteiger partial charge in [0.25, 0.3) is 0 Å². The zero-order valence-electron chi connectivity index (χ0n) is 17.1. The van der Waals surface area contributed by atoms with Crippen molar-refractivity contribution in [1.82, 2.24) is 9.97 Å². The Hall–Kier alpha value is -3.11. The molecule has 0 spiro atoms. The number of fused-ring (bicyclic) bond motifs is 1. The molecule has 0 atom stereocenters. The van der Waals surface area contributed by atoms with E-state index in [1.165, 1.54) is 16.5 Å². The van der Waals surface area contributed by atoms with E-state index in [0.29, 0.717) is 11.4 Å². The molecule has 2 heterocycles. The van der Waals surface area contributed by atoms with Crippen molar-refractivity contribution in [3.63, 3.8) is 0 Å². The molecule has 2 N–H and O–H groups in total. The number of nitrogens with zero attached hydrogens (tertiary/aromatic N) is 1. The maximum atomic E-state index is 12.5. The van der Waals surface area contributed by atoms with Crippen molar-refractivity contribution in [3.8, 4) is 11.4 Å². The van der Waals surface area contributed by atoms with Gasteiger partial charge >= 0.3 is 0 Å². The van der Waals surface area contributed by atoms with Crippen LogP contribution < -0.4 is 5.32 Å². The average Bonchev–Trinajstić information content (AvgIpc) is 3.09. The quantitative estimate of drug-likeness (QED) is 0.378. The fourth-order valence-corrected chi connectivity index (χ4v) is 3.89. The van der Waals surface area contributed by atoms with Crippen molar-refractivity contribution >= 4 is 34.1 Å². The van der Waals surface area contributed by atoms with Crippen LogP contribution in [-0.4, -0.2) is 15.9 Å². The fraction of sp³-hybridized carbons (Fsp3) is 0.200. The molecule has 2 aromatic carbocycles. The SMILES string of the molecule is Cc1ccc2[nH]c(-c3ccccn3)c(CCCC(=O)Nc3cc(Cl)ccc3C)c2c1. The molecule has 2 aromatic heterocycles. The van der Waals surface area contributed by atoms with Crippen LogP contribution in [0.25, 0.3) is 22.3 Å². The molecule has 0 aliphatic rings. The fourth-order valence-electron chi connectivity index (χ4n) is 3.72. The van der Waals surface area contributed by atoms with Crippen LogP contribution in [0.4, 0.5) is 5.69 Å². The van der Waals surface area contributed by atoms with Crippen LogP contribution >= 0.6 is 11.6 Å². The Kier molecular flexibility index (Phi) is 5.86. The molecule has 152 valence electrons. The van der Waals surface area contributed by atoms with E-state index in [2.05, 4.69) is 40.4 Å². The van der Waals surface area contributed by atoms with Gasteiger partial charge in [0.05, 0.1) is 11.4 Å². The average molecular weight is 418 g/mol. The number of pyridine rings is 1. The van der Waals surface area contributed by atoms with Crippen LogP contribution in [0.3, 0.4) is 0 Å². The first kappa shape index (κ1) is 20.2. The van der Waals surface area contributed by atoms with Gasteiger partial charge in [-0.2, -0.15) is 0 Å². The summed E-state index contributed by atoms with van der Waals surface area (Å²) in [6, 6.07) is 17.8. The molecule has 0 aliphatic heterocycles. The molecule has 0 bridgehead atoms. The lowest BCUT2D eigenvalue weighted by Crippen LogP contribution is -2.12. The first-order valence-electron chi connectivity index (χ1n) is 10.1. The molecular formula is C25H24ClN3O. The molecule has 0 aliphatic carbocycles. The number of carbonyl (C=O) groups is 1. The van der Waals surface area contributed by atoms with Gasteiger partial charge in [-0.1, -0.05) is 35.4 Å². The van der Waals surface area contributed by atoms with Gasteiger partial charge in [-0.3, -0.25) is 9.78 Å². The third-order valence-corrected chi connectivity index (χ3v) is 5.52. The van der Waals surface area contributed by atoms with E-state index in [-0.39, 0.29) is 5.91 Å². The summed E-state index contributed by atoms with van der Waals surface area (Å²) in [6.45, 7) is 4.05. The topological polar surface area (TPSA) is 57.8 Å². The minimum absolute atomic E-state index is 0.00391. The van der Waals surface area contributed by atoms with E-state index in [9.17, 15) is 4.79 Å². The second-order valence-corrected chi connectivity index (χ2v) is 8.04. The van der Waals surface area contributed by atoms with Crippen LogP contribution in [0.5, 0.6) is 0 Å². The molecule has 0 unspecified atom stereocenters. The lowest BCUT2D eigenvalue weighted by atomic mass is 10.0. The summed E-state index contributed by atoms with van der Waals surface area (Å²) in [7, 11) is 0. The number of aryl methyl sites for hydroxylation is 3. The second-order valence-electron chi connectivity index (χ2n) is 7.60. The molecule has 30 heavy (non-hydrogen) atoms. The van der Waals surface area contributed by atoms with Gasteiger partial charge in [0.2, 0.25) is 5.91 Å². The van der Waals surface area contributed by atoms with Crippen LogP contribution in [0.1, 0.15) is 29.5 Å². The van der Waals surface area contributed by atoms with Crippen LogP contribution in [0, 0.1) is 13.8 Å². The van der Waals surface area contributed by atoms with Crippen LogP contribution in [0.15, 0.2) is 60.8 Å². The highest BCUT2D eigenvalue weighted by molar-refractivity contribution is 6.31. The van der Waals surface area contributed by atoms with E-state index < -0.39 is 0 Å². The standard InChI is InChI=1S/C25H24ClN3O/c1-16-9-12-21-20(14-16)19(25(29-21)22-7-3-4-13-27-22)6-5-8-24(30)28-23-15-18(26)11-10-17(23)2/h3-4,7,9-15,29H,5-6,8H2,1-2H3,(H,28,30). The van der Waals surface area contributed by atoms with E-state index >= 15 is 0 Å². The maximum Gasteiger partial charge on any atom is 0.224 e. The zero-order chi connectivity index (χ0) is 21.1. The Labute approximate surface area is 181 Å². The van der Waals surface area contributed by atoms with Gasteiger partial charge < -0.3 is 10.3 Å². The van der Waals surface area contributed by atoms with Gasteiger partial charge in [0, 0.05) is 34.2 Å². The number of H-pyrrole nitrogens is 1. The third-order valence-electron chi connectivity index (χ3n) is 5.29. The summed E-state index contributed by atoms with van der Waals surface area (Å²) in [4.78, 5) is 20.5. The third kappa shape index (κ3) is 4.39. The summed E-state index contributed by atoms with van der Waals surface area (Å²) < 4.78 is 0. The molecule has 0 saturated carbocycles. The second kappa shape index (κ2) is 8.72. The number of rotatable bonds is 6. The van der Waals surface area contributed by atoms with Crippen molar-refractivity contribution in [3.05, 3.63) is 82.5 Å². The Morgan fingerprint density at radius 2 is 1.97 bits per heavy atom. The zero-order valence-corrected chi connectivity index (χ0v) is 17.9. The van der Waals surface area contributed by atoms with Crippen molar-refractivity contribution in [2.45, 2.75) is 33.1 Å². The van der Waals surface area contributed by atoms with Gasteiger partial charge in [-0.05, 0) is 74.2 Å². The lowest BCUT2D eigenvalue weighted by molar-refractivity contribution is -0.116. The summed E-state index contributed by atoms with van der Waals surface area (Å²) in [5.74, 6) is -0.00391. The van der Waals surface area contributed by atoms with E-state index in [4.69, 9.17) is 11.6 Å². The van der Waals surface area contributed by atoms with Crippen molar-refractivity contribution in [2.75, 3.05) is 5.32 Å². The molecule has 5 heteroatoms. The van der Waals surface area contributed by atoms with Crippen LogP contribution in [-0.2, 0) is 11.2 Å². The number of carbonyl (C=O) groups excluding carboxylic acids is 1. The van der Waals surface area contributed by atoms with Gasteiger partial charge in [-0.15, -0.1) is 0 Å². The molecular weight excluding hydrogens is 394 g/mol. The number of amides is 1. The Balaban J connectivity index is 1.52. The number of nitrogens with one attached hydrogen (secondary N) is 2. The summed E-state index contributed by atoms with van der Waals surface area (Å²) >= 11 is 6.06. The Morgan fingerprint density at radius 3 is 2.77 bits per heavy atom. The van der Waals surface area contributed by atoms with Crippen molar-refractivity contribution < 1.29 is 4.79 Å². The summed E-state index contributed by atoms with van der Waals surface area (Å²) in [6.07, 6.45) is 3.77. The number of halogens is 1. The van der Waals surface area contributed by atoms with E-state index in [1.54, 1.807) is 12.3 Å². The molecule has 1 amide bonds. The minimum atomic E-state index is -0.00391. The number of aromatic nitrogens is 2. The number of hydrogen-bond donors (Lipinski definition) is 2. The largest absolute Gasteiger partial charge is 0.353 e. The predicted octanol–water partition coefficient (Wildman–Crippen LogP) is 6.46. The molecule has 4 rings (SSSR count). The monoisotopic (exact) mass is 417 g/mol. The molecule has 0 saturated heterocycles. The van der Waals surface area contributed by atoms with Crippen molar-refractivity contribution in [2.24, 2.45) is 0 Å². The van der Waals surface area contributed by atoms with E-state index in [0.717, 1.165) is 41.0 Å². The number of anilines is 1. The lowest BCUT2D eigenvalue weighted by Gasteiger charge is -2.09. The highest BCUT2D eigenvalue weighted by atomic mass is 35.5.